The van der Waals surface area contributed by atoms with Gasteiger partial charge in [0.05, 0.1) is 4.47 Å². The molecular weight excluding hydrogens is 620 g/mol. The van der Waals surface area contributed by atoms with Crippen LogP contribution in [0, 0.1) is 0 Å². The van der Waals surface area contributed by atoms with E-state index in [2.05, 4.69) is 37.2 Å². The largest absolute Gasteiger partial charge is 0.483 e. The molecule has 202 valence electrons. The van der Waals surface area contributed by atoms with Crippen LogP contribution in [0.4, 0.5) is 0 Å². The molecule has 0 aliphatic rings. The predicted octanol–water partition coefficient (Wildman–Crippen LogP) is 7.30. The second-order valence-electron chi connectivity index (χ2n) is 10.5. The van der Waals surface area contributed by atoms with Crippen LogP contribution in [-0.4, -0.2) is 34.9 Å². The van der Waals surface area contributed by atoms with Gasteiger partial charge in [0.25, 0.3) is 5.91 Å². The second-order valence-corrected chi connectivity index (χ2v) is 12.2. The van der Waals surface area contributed by atoms with Gasteiger partial charge < -0.3 is 15.0 Å². The molecule has 7 heteroatoms. The summed E-state index contributed by atoms with van der Waals surface area (Å²) in [5.41, 5.74) is 1.42. The third kappa shape index (κ3) is 7.93. The molecule has 2 amide bonds. The van der Waals surface area contributed by atoms with Crippen LogP contribution in [0.1, 0.15) is 31.9 Å². The maximum absolute atomic E-state index is 13.9. The average Bonchev–Trinajstić information content (AvgIpc) is 2.90. The Kier molecular flexibility index (Phi) is 9.46. The lowest BCUT2D eigenvalue weighted by atomic mass is 10.0. The number of hydrogen-bond donors (Lipinski definition) is 1. The highest BCUT2D eigenvalue weighted by atomic mass is 79.9. The molecule has 5 nitrogen and oxygen atoms in total. The van der Waals surface area contributed by atoms with E-state index in [1.54, 1.807) is 4.90 Å². The van der Waals surface area contributed by atoms with Crippen molar-refractivity contribution in [2.75, 3.05) is 6.61 Å². The van der Waals surface area contributed by atoms with Crippen LogP contribution < -0.4 is 10.1 Å². The maximum atomic E-state index is 13.9. The molecule has 0 bridgehead atoms. The van der Waals surface area contributed by atoms with Crippen LogP contribution in [0.5, 0.6) is 5.75 Å². The van der Waals surface area contributed by atoms with Gasteiger partial charge in [0.15, 0.2) is 6.61 Å². The number of carbonyl (C=O) groups is 2. The van der Waals surface area contributed by atoms with E-state index in [-0.39, 0.29) is 25.0 Å². The average molecular weight is 652 g/mol. The molecule has 4 aromatic rings. The highest BCUT2D eigenvalue weighted by Crippen LogP contribution is 2.33. The van der Waals surface area contributed by atoms with Crippen molar-refractivity contribution in [3.8, 4) is 5.75 Å². The van der Waals surface area contributed by atoms with Crippen molar-refractivity contribution in [3.63, 3.8) is 0 Å². The molecule has 0 heterocycles. The fourth-order valence-electron chi connectivity index (χ4n) is 4.39. The van der Waals surface area contributed by atoms with Crippen LogP contribution in [0.2, 0.25) is 0 Å². The molecule has 1 N–H and O–H groups in total. The van der Waals surface area contributed by atoms with Gasteiger partial charge in [-0.1, -0.05) is 88.7 Å². The summed E-state index contributed by atoms with van der Waals surface area (Å²) in [7, 11) is 0. The summed E-state index contributed by atoms with van der Waals surface area (Å²) in [5.74, 6) is 0.0878. The molecule has 0 saturated heterocycles. The van der Waals surface area contributed by atoms with E-state index in [4.69, 9.17) is 4.74 Å². The van der Waals surface area contributed by atoms with E-state index in [0.717, 1.165) is 30.8 Å². The lowest BCUT2D eigenvalue weighted by molar-refractivity contribution is -0.143. The molecule has 0 fully saturated rings. The molecule has 0 aliphatic carbocycles. The molecule has 4 aromatic carbocycles. The summed E-state index contributed by atoms with van der Waals surface area (Å²) in [6, 6.07) is 28.6. The Bertz CT molecular complexity index is 1450. The quantitative estimate of drug-likeness (QED) is 0.207. The minimum atomic E-state index is -0.734. The van der Waals surface area contributed by atoms with Gasteiger partial charge in [0, 0.05) is 23.0 Å². The third-order valence-electron chi connectivity index (χ3n) is 6.19. The van der Waals surface area contributed by atoms with Gasteiger partial charge in [-0.2, -0.15) is 0 Å². The number of nitrogens with one attached hydrogen (secondary N) is 1. The fraction of sp³-hybridized carbons (Fsp3) is 0.250. The van der Waals surface area contributed by atoms with Gasteiger partial charge >= 0.3 is 0 Å². The first-order valence-electron chi connectivity index (χ1n) is 12.8. The maximum Gasteiger partial charge on any atom is 0.261 e. The van der Waals surface area contributed by atoms with Crippen LogP contribution in [-0.2, 0) is 22.6 Å². The molecule has 0 radical (unpaired) electrons. The van der Waals surface area contributed by atoms with Gasteiger partial charge in [-0.15, -0.1) is 0 Å². The summed E-state index contributed by atoms with van der Waals surface area (Å²) in [6.45, 7) is 5.86. The molecule has 0 spiro atoms. The Morgan fingerprint density at radius 2 is 1.56 bits per heavy atom. The first kappa shape index (κ1) is 28.8. The Balaban J connectivity index is 1.66. The summed E-state index contributed by atoms with van der Waals surface area (Å²) in [4.78, 5) is 29.2. The lowest BCUT2D eigenvalue weighted by Gasteiger charge is -2.33. The van der Waals surface area contributed by atoms with Crippen molar-refractivity contribution in [1.29, 1.82) is 0 Å². The van der Waals surface area contributed by atoms with E-state index in [9.17, 15) is 9.59 Å². The minimum absolute atomic E-state index is 0.207. The lowest BCUT2D eigenvalue weighted by Crippen LogP contribution is -2.55. The first-order valence-corrected chi connectivity index (χ1v) is 14.4. The Hall–Kier alpha value is -3.16. The predicted molar refractivity (Wildman–Crippen MR) is 164 cm³/mol. The number of fused-ring (bicyclic) bond motifs is 1. The summed E-state index contributed by atoms with van der Waals surface area (Å²) in [6.07, 6.45) is 0.377. The summed E-state index contributed by atoms with van der Waals surface area (Å²) >= 11 is 7.17. The monoisotopic (exact) mass is 650 g/mol. The first-order chi connectivity index (χ1) is 18.6. The van der Waals surface area contributed by atoms with Crippen LogP contribution in [0.3, 0.4) is 0 Å². The zero-order chi connectivity index (χ0) is 28.0. The molecule has 0 aromatic heterocycles. The molecule has 4 rings (SSSR count). The zero-order valence-corrected chi connectivity index (χ0v) is 25.5. The van der Waals surface area contributed by atoms with E-state index >= 15 is 0 Å². The van der Waals surface area contributed by atoms with Gasteiger partial charge in [0.2, 0.25) is 5.91 Å². The molecular formula is C32H32Br2N2O3. The Labute approximate surface area is 246 Å². The highest BCUT2D eigenvalue weighted by Gasteiger charge is 2.32. The second kappa shape index (κ2) is 12.8. The van der Waals surface area contributed by atoms with Crippen molar-refractivity contribution in [2.45, 2.75) is 45.3 Å². The number of nitrogens with zero attached hydrogens (tertiary/aromatic N) is 1. The van der Waals surface area contributed by atoms with Crippen molar-refractivity contribution in [3.05, 3.63) is 111 Å². The number of halogens is 2. The molecule has 39 heavy (non-hydrogen) atoms. The topological polar surface area (TPSA) is 58.6 Å². The molecule has 0 saturated carbocycles. The number of benzene rings is 4. The van der Waals surface area contributed by atoms with E-state index in [0.29, 0.717) is 12.2 Å². The summed E-state index contributed by atoms with van der Waals surface area (Å²) < 4.78 is 7.75. The van der Waals surface area contributed by atoms with E-state index in [1.807, 2.05) is 112 Å². The van der Waals surface area contributed by atoms with Gasteiger partial charge in [0.1, 0.15) is 11.8 Å². The van der Waals surface area contributed by atoms with E-state index < -0.39 is 11.6 Å². The number of amides is 2. The zero-order valence-electron chi connectivity index (χ0n) is 22.3. The van der Waals surface area contributed by atoms with Crippen molar-refractivity contribution in [2.24, 2.45) is 0 Å². The number of ether oxygens (including phenoxy) is 1. The SMILES string of the molecule is CC(C)(C)NC(=O)C(Cc1ccccc1)N(Cc1cccc(Br)c1)C(=O)COc1ccc2ccccc2c1Br. The van der Waals surface area contributed by atoms with Crippen LogP contribution >= 0.6 is 31.9 Å². The van der Waals surface area contributed by atoms with Crippen molar-refractivity contribution >= 4 is 54.4 Å². The third-order valence-corrected chi connectivity index (χ3v) is 7.50. The summed E-state index contributed by atoms with van der Waals surface area (Å²) in [5, 5.41) is 5.16. The van der Waals surface area contributed by atoms with Gasteiger partial charge in [-0.3, -0.25) is 9.59 Å². The van der Waals surface area contributed by atoms with Gasteiger partial charge in [-0.05, 0) is 76.8 Å². The molecule has 1 atom stereocenters. The fourth-order valence-corrected chi connectivity index (χ4v) is 5.44. The normalized spacial score (nSPS) is 12.1. The molecule has 0 aliphatic heterocycles. The highest BCUT2D eigenvalue weighted by molar-refractivity contribution is 9.11. The molecule has 1 unspecified atom stereocenters. The van der Waals surface area contributed by atoms with E-state index in [1.165, 1.54) is 0 Å². The standard InChI is InChI=1S/C32H32Br2N2O3/c1-32(2,3)35-31(38)27(19-22-10-5-4-6-11-22)36(20-23-12-9-14-25(33)18-23)29(37)21-39-28-17-16-24-13-7-8-15-26(24)30(28)34/h4-18,27H,19-21H2,1-3H3,(H,35,38). The van der Waals surface area contributed by atoms with Crippen molar-refractivity contribution in [1.82, 2.24) is 10.2 Å². The van der Waals surface area contributed by atoms with Crippen LogP contribution in [0.15, 0.2) is 99.9 Å². The van der Waals surface area contributed by atoms with Gasteiger partial charge in [-0.25, -0.2) is 0 Å². The minimum Gasteiger partial charge on any atom is -0.483 e. The van der Waals surface area contributed by atoms with Crippen LogP contribution in [0.25, 0.3) is 10.8 Å². The number of carbonyl (C=O) groups excluding carboxylic acids is 2. The Morgan fingerprint density at radius 3 is 2.28 bits per heavy atom. The number of rotatable bonds is 9. The number of hydrogen-bond acceptors (Lipinski definition) is 3. The smallest absolute Gasteiger partial charge is 0.261 e. The van der Waals surface area contributed by atoms with Crippen molar-refractivity contribution < 1.29 is 14.3 Å². The Morgan fingerprint density at radius 1 is 0.872 bits per heavy atom.